The van der Waals surface area contributed by atoms with Crippen molar-refractivity contribution in [3.8, 4) is 22.3 Å². The summed E-state index contributed by atoms with van der Waals surface area (Å²) in [6.07, 6.45) is 0. The maximum absolute atomic E-state index is 2.61. The summed E-state index contributed by atoms with van der Waals surface area (Å²) in [5, 5.41) is 3.19. The van der Waals surface area contributed by atoms with Gasteiger partial charge in [-0.1, -0.05) is 0 Å². The van der Waals surface area contributed by atoms with Crippen molar-refractivity contribution in [2.75, 3.05) is 0 Å². The molecule has 2 aliphatic carbocycles. The SMILES string of the molecule is C[Si]1(C)c2cccc3c2C(c2cccc[c]2[Zr][c]2ccccc2C2c4ccccc4-c4cccc1c42)c1ccccc1-3. The second-order valence-corrected chi connectivity index (χ2v) is 20.1. The van der Waals surface area contributed by atoms with Crippen LogP contribution in [-0.2, 0) is 23.2 Å². The molecule has 9 rings (SSSR count). The molecule has 2 atom stereocenters. The van der Waals surface area contributed by atoms with Gasteiger partial charge in [0.15, 0.2) is 0 Å². The summed E-state index contributed by atoms with van der Waals surface area (Å²) in [4.78, 5) is 0. The molecule has 0 bridgehead atoms. The first kappa shape index (κ1) is 25.0. The van der Waals surface area contributed by atoms with Crippen molar-refractivity contribution in [3.63, 3.8) is 0 Å². The normalized spacial score (nSPS) is 18.1. The molecule has 0 radical (unpaired) electrons. The summed E-state index contributed by atoms with van der Waals surface area (Å²) in [6, 6.07) is 51.8. The van der Waals surface area contributed by atoms with Crippen molar-refractivity contribution in [1.29, 1.82) is 0 Å². The Bertz CT molecular complexity index is 1920. The van der Waals surface area contributed by atoms with Gasteiger partial charge >= 0.3 is 262 Å². The van der Waals surface area contributed by atoms with Crippen LogP contribution in [0.2, 0.25) is 13.1 Å². The molecule has 3 aliphatic rings. The van der Waals surface area contributed by atoms with Crippen LogP contribution in [0, 0.1) is 0 Å². The summed E-state index contributed by atoms with van der Waals surface area (Å²) in [5.41, 5.74) is 14.9. The predicted octanol–water partition coefficient (Wildman–Crippen LogP) is 7.18. The van der Waals surface area contributed by atoms with E-state index in [4.69, 9.17) is 0 Å². The molecule has 0 aromatic heterocycles. The second kappa shape index (κ2) is 9.21. The van der Waals surface area contributed by atoms with Gasteiger partial charge in [0, 0.05) is 0 Å². The van der Waals surface area contributed by atoms with Gasteiger partial charge in [-0.25, -0.2) is 0 Å². The number of fused-ring (bicyclic) bond motifs is 10. The van der Waals surface area contributed by atoms with Gasteiger partial charge in [0.1, 0.15) is 0 Å². The van der Waals surface area contributed by atoms with E-state index in [2.05, 4.69) is 147 Å². The molecule has 1 aliphatic heterocycles. The molecule has 2 heteroatoms. The van der Waals surface area contributed by atoms with Crippen molar-refractivity contribution in [1.82, 2.24) is 0 Å². The second-order valence-electron chi connectivity index (χ2n) is 12.5. The standard InChI is InChI=1S/C40H30Si.Zr/c1-41(2,35-25-13-23-33-29-19-9-11-21-31(29)37(39(33)35)27-15-5-3-6-16-27)36-26-14-24-34-30-20-10-12-22-32(30)38(40(34)36)28-17-7-4-8-18-28;/h3-15,17,19-26,37-38H,1-2H3;. The van der Waals surface area contributed by atoms with Crippen molar-refractivity contribution in [3.05, 3.63) is 167 Å². The van der Waals surface area contributed by atoms with E-state index in [-0.39, 0.29) is 11.8 Å². The van der Waals surface area contributed by atoms with Crippen molar-refractivity contribution < 1.29 is 23.2 Å². The molecule has 0 amide bonds. The van der Waals surface area contributed by atoms with E-state index in [0.29, 0.717) is 0 Å². The van der Waals surface area contributed by atoms with Crippen LogP contribution < -0.4 is 16.9 Å². The molecular formula is C40H30SiZr. The summed E-state index contributed by atoms with van der Waals surface area (Å²) >= 11 is -1.15. The third kappa shape index (κ3) is 3.37. The van der Waals surface area contributed by atoms with Crippen molar-refractivity contribution >= 4 is 25.0 Å². The Labute approximate surface area is 260 Å². The van der Waals surface area contributed by atoms with Gasteiger partial charge in [0.25, 0.3) is 0 Å². The van der Waals surface area contributed by atoms with Crippen molar-refractivity contribution in [2.45, 2.75) is 24.9 Å². The molecule has 6 aromatic rings. The van der Waals surface area contributed by atoms with E-state index in [1.165, 1.54) is 44.5 Å². The minimum absolute atomic E-state index is 0.285. The zero-order valence-corrected chi connectivity index (χ0v) is 27.3. The monoisotopic (exact) mass is 628 g/mol. The van der Waals surface area contributed by atoms with E-state index in [0.717, 1.165) is 0 Å². The molecule has 42 heavy (non-hydrogen) atoms. The molecule has 0 nitrogen and oxygen atoms in total. The first-order chi connectivity index (χ1) is 20.6. The summed E-state index contributed by atoms with van der Waals surface area (Å²) in [6.45, 7) is 5.22. The predicted molar refractivity (Wildman–Crippen MR) is 175 cm³/mol. The van der Waals surface area contributed by atoms with Gasteiger partial charge in [0.2, 0.25) is 0 Å². The zero-order chi connectivity index (χ0) is 28.0. The molecule has 2 unspecified atom stereocenters. The molecule has 1 heterocycles. The van der Waals surface area contributed by atoms with E-state index in [1.807, 2.05) is 0 Å². The van der Waals surface area contributed by atoms with Gasteiger partial charge in [-0.15, -0.1) is 0 Å². The van der Waals surface area contributed by atoms with Crippen LogP contribution in [0.25, 0.3) is 22.3 Å². The van der Waals surface area contributed by atoms with E-state index in [9.17, 15) is 0 Å². The average Bonchev–Trinajstić information content (AvgIpc) is 3.54. The minimum atomic E-state index is -2.18. The van der Waals surface area contributed by atoms with Crippen LogP contribution in [0.3, 0.4) is 0 Å². The topological polar surface area (TPSA) is 0 Å². The molecule has 6 aromatic carbocycles. The molecular weight excluding hydrogens is 600 g/mol. The third-order valence-electron chi connectivity index (χ3n) is 10.1. The third-order valence-corrected chi connectivity index (χ3v) is 17.2. The van der Waals surface area contributed by atoms with Gasteiger partial charge in [-0.2, -0.15) is 0 Å². The van der Waals surface area contributed by atoms with E-state index in [1.54, 1.807) is 28.0 Å². The van der Waals surface area contributed by atoms with Crippen LogP contribution in [-0.4, -0.2) is 8.07 Å². The van der Waals surface area contributed by atoms with Crippen LogP contribution in [0.4, 0.5) is 0 Å². The average molecular weight is 630 g/mol. The van der Waals surface area contributed by atoms with Crippen LogP contribution >= 0.6 is 0 Å². The summed E-state index contributed by atoms with van der Waals surface area (Å²) < 4.78 is 3.21. The molecule has 0 saturated carbocycles. The number of benzene rings is 6. The van der Waals surface area contributed by atoms with Crippen LogP contribution in [0.15, 0.2) is 133 Å². The Balaban J connectivity index is 1.45. The molecule has 0 spiro atoms. The fraction of sp³-hybridized carbons (Fsp3) is 0.100. The number of hydrogen-bond acceptors (Lipinski definition) is 0. The quantitative estimate of drug-likeness (QED) is 0.156. The van der Waals surface area contributed by atoms with Crippen LogP contribution in [0.1, 0.15) is 45.2 Å². The number of hydrogen-bond donors (Lipinski definition) is 0. The summed E-state index contributed by atoms with van der Waals surface area (Å²) in [5.74, 6) is 0.570. The van der Waals surface area contributed by atoms with E-state index < -0.39 is 31.3 Å². The first-order valence-corrected chi connectivity index (χ1v) is 20.5. The number of rotatable bonds is 0. The molecule has 0 N–H and O–H groups in total. The van der Waals surface area contributed by atoms with Gasteiger partial charge in [-0.3, -0.25) is 0 Å². The Morgan fingerprint density at radius 3 is 1.26 bits per heavy atom. The Morgan fingerprint density at radius 2 is 0.786 bits per heavy atom. The Kier molecular flexibility index (Phi) is 5.47. The van der Waals surface area contributed by atoms with E-state index >= 15 is 0 Å². The fourth-order valence-electron chi connectivity index (χ4n) is 8.27. The van der Waals surface area contributed by atoms with Gasteiger partial charge < -0.3 is 0 Å². The van der Waals surface area contributed by atoms with Crippen LogP contribution in [0.5, 0.6) is 0 Å². The zero-order valence-electron chi connectivity index (χ0n) is 23.9. The van der Waals surface area contributed by atoms with Gasteiger partial charge in [-0.05, 0) is 0 Å². The van der Waals surface area contributed by atoms with Gasteiger partial charge in [0.05, 0.1) is 0 Å². The Hall–Kier alpha value is -3.58. The summed E-state index contributed by atoms with van der Waals surface area (Å²) in [7, 11) is -2.18. The fourth-order valence-corrected chi connectivity index (χ4v) is 14.9. The van der Waals surface area contributed by atoms with Crippen molar-refractivity contribution in [2.24, 2.45) is 0 Å². The first-order valence-electron chi connectivity index (χ1n) is 15.0. The maximum atomic E-state index is 2.61. The Morgan fingerprint density at radius 1 is 0.405 bits per heavy atom. The molecule has 198 valence electrons. The molecule has 0 fully saturated rings. The molecule has 0 saturated heterocycles.